The van der Waals surface area contributed by atoms with Crippen LogP contribution in [0.1, 0.15) is 5.82 Å². The molecule has 2 aromatic rings. The maximum atomic E-state index is 13.3. The molecule has 1 heterocycles. The van der Waals surface area contributed by atoms with Crippen LogP contribution in [0.25, 0.3) is 0 Å². The molecule has 1 amide bonds. The van der Waals surface area contributed by atoms with Gasteiger partial charge in [-0.1, -0.05) is 17.3 Å². The predicted molar refractivity (Wildman–Crippen MR) is 65.9 cm³/mol. The fourth-order valence-corrected chi connectivity index (χ4v) is 1.46. The van der Waals surface area contributed by atoms with Crippen LogP contribution in [0.2, 0.25) is 0 Å². The van der Waals surface area contributed by atoms with Crippen LogP contribution in [0.3, 0.4) is 0 Å². The van der Waals surface area contributed by atoms with Gasteiger partial charge in [-0.2, -0.15) is 4.98 Å². The Labute approximate surface area is 109 Å². The van der Waals surface area contributed by atoms with Crippen molar-refractivity contribution in [2.75, 3.05) is 18.4 Å². The standard InChI is InChI=1S/C12H13FN4O2/c13-9-3-1-2-4-10(9)16-12(18)7-14-6-5-11-15-8-19-17-11/h1-4,8,14H,5-7H2,(H,16,18). The molecule has 0 saturated carbocycles. The number of anilines is 1. The van der Waals surface area contributed by atoms with Crippen LogP contribution >= 0.6 is 0 Å². The van der Waals surface area contributed by atoms with Crippen molar-refractivity contribution in [1.82, 2.24) is 15.5 Å². The van der Waals surface area contributed by atoms with E-state index in [9.17, 15) is 9.18 Å². The summed E-state index contributed by atoms with van der Waals surface area (Å²) in [5.41, 5.74) is 0.174. The van der Waals surface area contributed by atoms with E-state index in [0.29, 0.717) is 18.8 Å². The van der Waals surface area contributed by atoms with Crippen molar-refractivity contribution < 1.29 is 13.7 Å². The number of nitrogens with zero attached hydrogens (tertiary/aromatic N) is 2. The lowest BCUT2D eigenvalue weighted by atomic mass is 10.3. The number of hydrogen-bond donors (Lipinski definition) is 2. The molecule has 2 N–H and O–H groups in total. The van der Waals surface area contributed by atoms with E-state index in [-0.39, 0.29) is 18.1 Å². The third-order valence-corrected chi connectivity index (χ3v) is 2.37. The van der Waals surface area contributed by atoms with Gasteiger partial charge in [-0.3, -0.25) is 4.79 Å². The molecule has 0 saturated heterocycles. The van der Waals surface area contributed by atoms with Crippen LogP contribution in [-0.4, -0.2) is 29.1 Å². The second-order valence-corrected chi connectivity index (χ2v) is 3.80. The number of carbonyl (C=O) groups excluding carboxylic acids is 1. The SMILES string of the molecule is O=C(CNCCc1ncon1)Nc1ccccc1F. The predicted octanol–water partition coefficient (Wildman–Crippen LogP) is 0.979. The van der Waals surface area contributed by atoms with Crippen LogP contribution in [0.5, 0.6) is 0 Å². The molecule has 0 aliphatic carbocycles. The Morgan fingerprint density at radius 1 is 1.37 bits per heavy atom. The third-order valence-electron chi connectivity index (χ3n) is 2.37. The van der Waals surface area contributed by atoms with Gasteiger partial charge in [-0.05, 0) is 12.1 Å². The summed E-state index contributed by atoms with van der Waals surface area (Å²) in [7, 11) is 0. The Balaban J connectivity index is 1.69. The average Bonchev–Trinajstić information content (AvgIpc) is 2.91. The molecule has 0 radical (unpaired) electrons. The number of benzene rings is 1. The molecule has 6 nitrogen and oxygen atoms in total. The number of amides is 1. The first-order valence-corrected chi connectivity index (χ1v) is 5.76. The molecule has 0 atom stereocenters. The number of para-hydroxylation sites is 1. The van der Waals surface area contributed by atoms with E-state index in [2.05, 4.69) is 25.3 Å². The van der Waals surface area contributed by atoms with Crippen molar-refractivity contribution in [1.29, 1.82) is 0 Å². The Kier molecular flexibility index (Phi) is 4.57. The first-order valence-electron chi connectivity index (χ1n) is 5.76. The largest absolute Gasteiger partial charge is 0.343 e. The van der Waals surface area contributed by atoms with Crippen molar-refractivity contribution in [3.63, 3.8) is 0 Å². The van der Waals surface area contributed by atoms with Gasteiger partial charge >= 0.3 is 0 Å². The van der Waals surface area contributed by atoms with E-state index in [1.165, 1.54) is 18.5 Å². The highest BCUT2D eigenvalue weighted by molar-refractivity contribution is 5.92. The number of carbonyl (C=O) groups is 1. The normalized spacial score (nSPS) is 10.4. The number of aromatic nitrogens is 2. The summed E-state index contributed by atoms with van der Waals surface area (Å²) in [6, 6.07) is 6.02. The molecule has 0 aliphatic rings. The van der Waals surface area contributed by atoms with Crippen molar-refractivity contribution >= 4 is 11.6 Å². The number of nitrogens with one attached hydrogen (secondary N) is 2. The number of halogens is 1. The topological polar surface area (TPSA) is 80.1 Å². The smallest absolute Gasteiger partial charge is 0.238 e. The minimum atomic E-state index is -0.456. The van der Waals surface area contributed by atoms with E-state index in [1.54, 1.807) is 12.1 Å². The van der Waals surface area contributed by atoms with Gasteiger partial charge in [0.25, 0.3) is 0 Å². The van der Waals surface area contributed by atoms with Crippen LogP contribution in [0, 0.1) is 5.82 Å². The quantitative estimate of drug-likeness (QED) is 0.760. The minimum absolute atomic E-state index is 0.0895. The zero-order valence-electron chi connectivity index (χ0n) is 10.1. The van der Waals surface area contributed by atoms with Gasteiger partial charge in [0.05, 0.1) is 12.2 Å². The summed E-state index contributed by atoms with van der Waals surface area (Å²) in [6.07, 6.45) is 1.81. The van der Waals surface area contributed by atoms with Gasteiger partial charge in [0.1, 0.15) is 5.82 Å². The molecule has 0 fully saturated rings. The van der Waals surface area contributed by atoms with Gasteiger partial charge in [0.2, 0.25) is 12.3 Å². The van der Waals surface area contributed by atoms with Crippen molar-refractivity contribution in [3.8, 4) is 0 Å². The van der Waals surface area contributed by atoms with E-state index in [1.807, 2.05) is 0 Å². The molecule has 1 aromatic heterocycles. The molecular weight excluding hydrogens is 251 g/mol. The first-order chi connectivity index (χ1) is 9.25. The zero-order valence-corrected chi connectivity index (χ0v) is 10.1. The lowest BCUT2D eigenvalue weighted by Crippen LogP contribution is -2.29. The molecule has 1 aromatic carbocycles. The Morgan fingerprint density at radius 2 is 2.21 bits per heavy atom. The average molecular weight is 264 g/mol. The molecule has 0 unspecified atom stereocenters. The van der Waals surface area contributed by atoms with E-state index < -0.39 is 5.82 Å². The highest BCUT2D eigenvalue weighted by Gasteiger charge is 2.05. The lowest BCUT2D eigenvalue weighted by Gasteiger charge is -2.06. The van der Waals surface area contributed by atoms with Gasteiger partial charge < -0.3 is 15.2 Å². The molecule has 0 aliphatic heterocycles. The molecule has 0 bridgehead atoms. The molecule has 2 rings (SSSR count). The molecular formula is C12H13FN4O2. The van der Waals surface area contributed by atoms with Crippen LogP contribution in [0.15, 0.2) is 35.2 Å². The highest BCUT2D eigenvalue weighted by Crippen LogP contribution is 2.11. The monoisotopic (exact) mass is 264 g/mol. The summed E-state index contributed by atoms with van der Waals surface area (Å²) in [6.45, 7) is 0.621. The second-order valence-electron chi connectivity index (χ2n) is 3.80. The summed E-state index contributed by atoms with van der Waals surface area (Å²) < 4.78 is 17.8. The van der Waals surface area contributed by atoms with Gasteiger partial charge in [-0.15, -0.1) is 0 Å². The van der Waals surface area contributed by atoms with Gasteiger partial charge in [-0.25, -0.2) is 4.39 Å². The maximum Gasteiger partial charge on any atom is 0.238 e. The zero-order chi connectivity index (χ0) is 13.5. The van der Waals surface area contributed by atoms with Crippen molar-refractivity contribution in [2.24, 2.45) is 0 Å². The fourth-order valence-electron chi connectivity index (χ4n) is 1.46. The second kappa shape index (κ2) is 6.60. The Morgan fingerprint density at radius 3 is 2.95 bits per heavy atom. The van der Waals surface area contributed by atoms with Gasteiger partial charge in [0, 0.05) is 13.0 Å². The molecule has 7 heteroatoms. The van der Waals surface area contributed by atoms with E-state index in [4.69, 9.17) is 0 Å². The van der Waals surface area contributed by atoms with Crippen LogP contribution in [0.4, 0.5) is 10.1 Å². The summed E-state index contributed by atoms with van der Waals surface area (Å²) in [5.74, 6) is -0.192. The maximum absolute atomic E-state index is 13.3. The van der Waals surface area contributed by atoms with Crippen molar-refractivity contribution in [3.05, 3.63) is 42.3 Å². The summed E-state index contributed by atoms with van der Waals surface area (Å²) >= 11 is 0. The van der Waals surface area contributed by atoms with Crippen LogP contribution in [-0.2, 0) is 11.2 Å². The van der Waals surface area contributed by atoms with Gasteiger partial charge in [0.15, 0.2) is 5.82 Å². The lowest BCUT2D eigenvalue weighted by molar-refractivity contribution is -0.115. The highest BCUT2D eigenvalue weighted by atomic mass is 19.1. The molecule has 19 heavy (non-hydrogen) atoms. The summed E-state index contributed by atoms with van der Waals surface area (Å²) in [5, 5.41) is 9.02. The summed E-state index contributed by atoms with van der Waals surface area (Å²) in [4.78, 5) is 15.4. The fraction of sp³-hybridized carbons (Fsp3) is 0.250. The number of hydrogen-bond acceptors (Lipinski definition) is 5. The Bertz CT molecular complexity index is 530. The van der Waals surface area contributed by atoms with Crippen molar-refractivity contribution in [2.45, 2.75) is 6.42 Å². The Hall–Kier alpha value is -2.28. The number of rotatable bonds is 6. The van der Waals surface area contributed by atoms with E-state index >= 15 is 0 Å². The molecule has 0 spiro atoms. The van der Waals surface area contributed by atoms with E-state index in [0.717, 1.165) is 0 Å². The molecule has 100 valence electrons. The third kappa shape index (κ3) is 4.14. The van der Waals surface area contributed by atoms with Crippen LogP contribution < -0.4 is 10.6 Å². The first kappa shape index (κ1) is 13.2. The minimum Gasteiger partial charge on any atom is -0.343 e.